The molecule has 0 radical (unpaired) electrons. The van der Waals surface area contributed by atoms with Gasteiger partial charge in [-0.1, -0.05) is 30.3 Å². The molecule has 1 fully saturated rings. The largest absolute Gasteiger partial charge is 0.496 e. The summed E-state index contributed by atoms with van der Waals surface area (Å²) in [6, 6.07) is 15.1. The van der Waals surface area contributed by atoms with Gasteiger partial charge in [-0.3, -0.25) is 9.79 Å². The van der Waals surface area contributed by atoms with E-state index in [9.17, 15) is 14.4 Å². The summed E-state index contributed by atoms with van der Waals surface area (Å²) in [5, 5.41) is 5.81. The van der Waals surface area contributed by atoms with Crippen LogP contribution in [-0.2, 0) is 19.1 Å². The minimum absolute atomic E-state index is 0.289. The van der Waals surface area contributed by atoms with Gasteiger partial charge in [-0.2, -0.15) is 0 Å². The number of hydrogen-bond donors (Lipinski definition) is 2. The van der Waals surface area contributed by atoms with E-state index >= 15 is 0 Å². The van der Waals surface area contributed by atoms with Crippen molar-refractivity contribution in [2.45, 2.75) is 44.9 Å². The molecule has 230 valence electrons. The zero-order chi connectivity index (χ0) is 30.9. The van der Waals surface area contributed by atoms with Crippen molar-refractivity contribution in [3.05, 3.63) is 70.9 Å². The van der Waals surface area contributed by atoms with E-state index in [0.717, 1.165) is 44.6 Å². The van der Waals surface area contributed by atoms with E-state index in [0.29, 0.717) is 35.1 Å². The van der Waals surface area contributed by atoms with Crippen LogP contribution in [0.5, 0.6) is 5.75 Å². The molecule has 0 spiro atoms. The first-order chi connectivity index (χ1) is 20.8. The molecule has 2 aliphatic heterocycles. The fourth-order valence-corrected chi connectivity index (χ4v) is 6.17. The standard InChI is InChI=1S/C33H42N4O6/c1-21-28(31(38)42-4)30(29(22(2)35-21)32(39)43-5)24-10-8-11-25(20-24)36-33(40)34-16-9-17-37-18-14-23(15-19-37)26-12-6-7-13-27(26)41-3/h6-8,10-13,20,23,28,30H,9,14-19H2,1-5H3,(H2,34,36,40). The van der Waals surface area contributed by atoms with E-state index in [1.54, 1.807) is 39.2 Å². The molecule has 4 rings (SSSR count). The van der Waals surface area contributed by atoms with Gasteiger partial charge in [0.05, 0.1) is 26.9 Å². The van der Waals surface area contributed by atoms with Gasteiger partial charge in [-0.15, -0.1) is 0 Å². The highest BCUT2D eigenvalue weighted by Gasteiger charge is 2.42. The van der Waals surface area contributed by atoms with Crippen molar-refractivity contribution < 1.29 is 28.6 Å². The molecule has 2 aromatic carbocycles. The molecular weight excluding hydrogens is 548 g/mol. The Labute approximate surface area is 253 Å². The number of methoxy groups -OCH3 is 3. The molecule has 0 aromatic heterocycles. The third-order valence-electron chi connectivity index (χ3n) is 8.30. The second kappa shape index (κ2) is 14.8. The monoisotopic (exact) mass is 590 g/mol. The molecule has 2 aliphatic rings. The summed E-state index contributed by atoms with van der Waals surface area (Å²) in [4.78, 5) is 45.2. The van der Waals surface area contributed by atoms with E-state index in [-0.39, 0.29) is 11.6 Å². The predicted octanol–water partition coefficient (Wildman–Crippen LogP) is 4.88. The van der Waals surface area contributed by atoms with Crippen LogP contribution in [0.15, 0.2) is 64.8 Å². The average molecular weight is 591 g/mol. The first kappa shape index (κ1) is 31.7. The minimum Gasteiger partial charge on any atom is -0.496 e. The van der Waals surface area contributed by atoms with Gasteiger partial charge in [-0.05, 0) is 88.0 Å². The number of allylic oxidation sites excluding steroid dienone is 1. The van der Waals surface area contributed by atoms with Gasteiger partial charge in [0.15, 0.2) is 0 Å². The number of carbonyl (C=O) groups excluding carboxylic acids is 3. The maximum atomic E-state index is 12.8. The zero-order valence-corrected chi connectivity index (χ0v) is 25.6. The van der Waals surface area contributed by atoms with Crippen molar-refractivity contribution in [2.75, 3.05) is 52.8 Å². The number of benzene rings is 2. The number of piperidine rings is 1. The maximum Gasteiger partial charge on any atom is 0.336 e. The minimum atomic E-state index is -0.799. The van der Waals surface area contributed by atoms with Crippen LogP contribution in [0, 0.1) is 5.92 Å². The highest BCUT2D eigenvalue weighted by atomic mass is 16.5. The fourth-order valence-electron chi connectivity index (χ4n) is 6.17. The van der Waals surface area contributed by atoms with Gasteiger partial charge in [-0.25, -0.2) is 9.59 Å². The second-order valence-electron chi connectivity index (χ2n) is 10.9. The van der Waals surface area contributed by atoms with Crippen LogP contribution in [0.3, 0.4) is 0 Å². The summed E-state index contributed by atoms with van der Waals surface area (Å²) < 4.78 is 15.6. The quantitative estimate of drug-likeness (QED) is 0.299. The molecule has 2 atom stereocenters. The van der Waals surface area contributed by atoms with Crippen LogP contribution in [0.4, 0.5) is 10.5 Å². The Bertz CT molecular complexity index is 1380. The van der Waals surface area contributed by atoms with Crippen molar-refractivity contribution in [3.8, 4) is 5.75 Å². The van der Waals surface area contributed by atoms with Crippen molar-refractivity contribution in [1.82, 2.24) is 10.2 Å². The molecule has 2 unspecified atom stereocenters. The Kier molecular flexibility index (Phi) is 10.9. The molecule has 0 bridgehead atoms. The average Bonchev–Trinajstić information content (AvgIpc) is 3.02. The second-order valence-corrected chi connectivity index (χ2v) is 10.9. The molecule has 0 saturated carbocycles. The smallest absolute Gasteiger partial charge is 0.336 e. The first-order valence-corrected chi connectivity index (χ1v) is 14.7. The van der Waals surface area contributed by atoms with Gasteiger partial charge in [0, 0.05) is 29.6 Å². The number of nitrogens with zero attached hydrogens (tertiary/aromatic N) is 2. The number of hydrogen-bond acceptors (Lipinski definition) is 8. The van der Waals surface area contributed by atoms with E-state index in [2.05, 4.69) is 32.7 Å². The highest BCUT2D eigenvalue weighted by Crippen LogP contribution is 2.40. The van der Waals surface area contributed by atoms with E-state index in [4.69, 9.17) is 14.2 Å². The number of anilines is 1. The summed E-state index contributed by atoms with van der Waals surface area (Å²) in [5.41, 5.74) is 3.80. The number of likely N-dealkylation sites (tertiary alicyclic amines) is 1. The number of aliphatic imine (C=N–C) groups is 1. The van der Waals surface area contributed by atoms with Crippen LogP contribution < -0.4 is 15.4 Å². The van der Waals surface area contributed by atoms with Crippen LogP contribution in [0.25, 0.3) is 0 Å². The molecule has 2 N–H and O–H groups in total. The van der Waals surface area contributed by atoms with Gasteiger partial charge < -0.3 is 29.7 Å². The van der Waals surface area contributed by atoms with Gasteiger partial charge in [0.1, 0.15) is 11.7 Å². The van der Waals surface area contributed by atoms with Crippen molar-refractivity contribution in [3.63, 3.8) is 0 Å². The van der Waals surface area contributed by atoms with Crippen LogP contribution in [0.2, 0.25) is 0 Å². The van der Waals surface area contributed by atoms with Crippen molar-refractivity contribution >= 4 is 29.4 Å². The number of amides is 2. The molecular formula is C33H42N4O6. The number of ether oxygens (including phenoxy) is 3. The topological polar surface area (TPSA) is 119 Å². The molecule has 1 saturated heterocycles. The molecule has 43 heavy (non-hydrogen) atoms. The Morgan fingerprint density at radius 2 is 1.72 bits per heavy atom. The summed E-state index contributed by atoms with van der Waals surface area (Å²) >= 11 is 0. The molecule has 10 heteroatoms. The molecule has 2 heterocycles. The SMILES string of the molecule is COC(=O)C1=C(C)N=C(C)C(C(=O)OC)C1c1cccc(NC(=O)NCCCN2CCC(c3ccccc3OC)CC2)c1. The predicted molar refractivity (Wildman–Crippen MR) is 166 cm³/mol. The lowest BCUT2D eigenvalue weighted by molar-refractivity contribution is -0.143. The van der Waals surface area contributed by atoms with Crippen LogP contribution in [0.1, 0.15) is 56.1 Å². The maximum absolute atomic E-state index is 12.8. The van der Waals surface area contributed by atoms with Crippen LogP contribution in [-0.4, -0.2) is 76.1 Å². The first-order valence-electron chi connectivity index (χ1n) is 14.7. The zero-order valence-electron chi connectivity index (χ0n) is 25.6. The molecule has 2 aromatic rings. The van der Waals surface area contributed by atoms with E-state index < -0.39 is 23.8 Å². The molecule has 2 amide bonds. The molecule has 0 aliphatic carbocycles. The third kappa shape index (κ3) is 7.62. The van der Waals surface area contributed by atoms with E-state index in [1.165, 1.54) is 19.8 Å². The highest BCUT2D eigenvalue weighted by molar-refractivity contribution is 6.07. The Morgan fingerprint density at radius 3 is 2.42 bits per heavy atom. The molecule has 10 nitrogen and oxygen atoms in total. The summed E-state index contributed by atoms with van der Waals surface area (Å²) in [6.07, 6.45) is 3.00. The third-order valence-corrected chi connectivity index (χ3v) is 8.30. The Hall–Kier alpha value is -4.18. The number of nitrogens with one attached hydrogen (secondary N) is 2. The number of esters is 2. The Morgan fingerprint density at radius 1 is 0.977 bits per heavy atom. The van der Waals surface area contributed by atoms with E-state index in [1.807, 2.05) is 18.2 Å². The van der Waals surface area contributed by atoms with Gasteiger partial charge in [0.25, 0.3) is 0 Å². The lowest BCUT2D eigenvalue weighted by Gasteiger charge is -2.32. The van der Waals surface area contributed by atoms with Crippen molar-refractivity contribution in [1.29, 1.82) is 0 Å². The van der Waals surface area contributed by atoms with Crippen LogP contribution >= 0.6 is 0 Å². The van der Waals surface area contributed by atoms with Gasteiger partial charge in [0.2, 0.25) is 0 Å². The number of urea groups is 1. The number of rotatable bonds is 10. The summed E-state index contributed by atoms with van der Waals surface area (Å²) in [6.45, 7) is 6.93. The Balaban J connectivity index is 1.31. The van der Waals surface area contributed by atoms with Gasteiger partial charge >= 0.3 is 18.0 Å². The number of para-hydroxylation sites is 1. The summed E-state index contributed by atoms with van der Waals surface area (Å²) in [7, 11) is 4.33. The fraction of sp³-hybridized carbons (Fsp3) is 0.455. The lowest BCUT2D eigenvalue weighted by Crippen LogP contribution is -2.36. The number of carbonyl (C=O) groups is 3. The lowest BCUT2D eigenvalue weighted by atomic mass is 9.75. The normalized spacial score (nSPS) is 19.3. The van der Waals surface area contributed by atoms with Crippen molar-refractivity contribution in [2.24, 2.45) is 10.9 Å². The summed E-state index contributed by atoms with van der Waals surface area (Å²) in [5.74, 6) is -1.07.